The van der Waals surface area contributed by atoms with Crippen molar-refractivity contribution < 1.29 is 4.39 Å². The molecule has 0 saturated carbocycles. The van der Waals surface area contributed by atoms with Gasteiger partial charge in [0, 0.05) is 63.8 Å². The molecule has 25 heavy (non-hydrogen) atoms. The highest BCUT2D eigenvalue weighted by Crippen LogP contribution is 2.20. The van der Waals surface area contributed by atoms with Crippen LogP contribution in [0.3, 0.4) is 0 Å². The molecule has 0 bridgehead atoms. The second-order valence-electron chi connectivity index (χ2n) is 6.64. The van der Waals surface area contributed by atoms with E-state index in [4.69, 9.17) is 4.98 Å². The zero-order valence-electron chi connectivity index (χ0n) is 14.3. The predicted octanol–water partition coefficient (Wildman–Crippen LogP) is 1.93. The van der Waals surface area contributed by atoms with E-state index in [2.05, 4.69) is 24.7 Å². The molecule has 0 spiro atoms. The van der Waals surface area contributed by atoms with Crippen LogP contribution in [-0.2, 0) is 6.54 Å². The Morgan fingerprint density at radius 2 is 1.72 bits per heavy atom. The fourth-order valence-corrected chi connectivity index (χ4v) is 3.49. The molecule has 0 atom stereocenters. The average Bonchev–Trinajstić information content (AvgIpc) is 3.19. The number of pyridine rings is 1. The van der Waals surface area contributed by atoms with Crippen molar-refractivity contribution >= 4 is 11.8 Å². The highest BCUT2D eigenvalue weighted by atomic mass is 19.1. The maximum absolute atomic E-state index is 13.8. The molecule has 0 aromatic carbocycles. The lowest BCUT2D eigenvalue weighted by Gasteiger charge is -2.35. The maximum Gasteiger partial charge on any atom is 0.227 e. The van der Waals surface area contributed by atoms with Crippen molar-refractivity contribution in [1.29, 1.82) is 0 Å². The lowest BCUT2D eigenvalue weighted by Crippen LogP contribution is -2.46. The topological polar surface area (TPSA) is 48.4 Å². The predicted molar refractivity (Wildman–Crippen MR) is 95.2 cm³/mol. The van der Waals surface area contributed by atoms with Gasteiger partial charge in [-0.1, -0.05) is 0 Å². The number of rotatable bonds is 4. The number of hydrogen-bond donors (Lipinski definition) is 0. The molecule has 4 rings (SSSR count). The van der Waals surface area contributed by atoms with Gasteiger partial charge >= 0.3 is 0 Å². The van der Waals surface area contributed by atoms with E-state index in [0.717, 1.165) is 51.0 Å². The second-order valence-corrected chi connectivity index (χ2v) is 6.64. The number of hydrogen-bond acceptors (Lipinski definition) is 6. The van der Waals surface area contributed by atoms with Crippen LogP contribution in [0.15, 0.2) is 30.7 Å². The molecular formula is C18H23FN6. The Morgan fingerprint density at radius 1 is 0.920 bits per heavy atom. The van der Waals surface area contributed by atoms with Crippen molar-refractivity contribution in [2.75, 3.05) is 49.1 Å². The molecule has 132 valence electrons. The van der Waals surface area contributed by atoms with Crippen molar-refractivity contribution in [3.8, 4) is 0 Å². The Hall–Kier alpha value is -2.28. The Morgan fingerprint density at radius 3 is 2.48 bits per heavy atom. The second kappa shape index (κ2) is 7.31. The van der Waals surface area contributed by atoms with E-state index in [0.29, 0.717) is 12.1 Å². The summed E-state index contributed by atoms with van der Waals surface area (Å²) in [6.07, 6.45) is 7.26. The summed E-state index contributed by atoms with van der Waals surface area (Å²) in [5.41, 5.74) is 0.704. The van der Waals surface area contributed by atoms with Gasteiger partial charge in [0.25, 0.3) is 0 Å². The van der Waals surface area contributed by atoms with E-state index >= 15 is 0 Å². The lowest BCUT2D eigenvalue weighted by molar-refractivity contribution is 0.245. The first-order valence-electron chi connectivity index (χ1n) is 8.93. The first-order chi connectivity index (χ1) is 12.3. The SMILES string of the molecule is Fc1cnccc1CN1CCN(c2nccc(N3CCCC3)n2)CC1. The molecule has 0 aliphatic carbocycles. The summed E-state index contributed by atoms with van der Waals surface area (Å²) in [5.74, 6) is 1.61. The van der Waals surface area contributed by atoms with Crippen LogP contribution in [0.5, 0.6) is 0 Å². The quantitative estimate of drug-likeness (QED) is 0.846. The average molecular weight is 342 g/mol. The normalized spacial score (nSPS) is 18.8. The van der Waals surface area contributed by atoms with Gasteiger partial charge in [0.1, 0.15) is 11.6 Å². The fraction of sp³-hybridized carbons (Fsp3) is 0.500. The Balaban J connectivity index is 1.37. The van der Waals surface area contributed by atoms with Gasteiger partial charge in [0.05, 0.1) is 6.20 Å². The van der Waals surface area contributed by atoms with E-state index in [1.807, 2.05) is 12.3 Å². The molecule has 7 heteroatoms. The van der Waals surface area contributed by atoms with E-state index in [9.17, 15) is 4.39 Å². The Kier molecular flexibility index (Phi) is 4.74. The molecule has 0 N–H and O–H groups in total. The number of anilines is 2. The summed E-state index contributed by atoms with van der Waals surface area (Å²) >= 11 is 0. The summed E-state index contributed by atoms with van der Waals surface area (Å²) in [5, 5.41) is 0. The summed E-state index contributed by atoms with van der Waals surface area (Å²) < 4.78 is 13.8. The molecular weight excluding hydrogens is 319 g/mol. The van der Waals surface area contributed by atoms with Gasteiger partial charge in [-0.3, -0.25) is 9.88 Å². The van der Waals surface area contributed by atoms with Crippen molar-refractivity contribution in [3.63, 3.8) is 0 Å². The van der Waals surface area contributed by atoms with Crippen LogP contribution in [0.25, 0.3) is 0 Å². The molecule has 6 nitrogen and oxygen atoms in total. The van der Waals surface area contributed by atoms with Crippen LogP contribution in [0.2, 0.25) is 0 Å². The molecule has 0 radical (unpaired) electrons. The fourth-order valence-electron chi connectivity index (χ4n) is 3.49. The summed E-state index contributed by atoms with van der Waals surface area (Å²) in [7, 11) is 0. The largest absolute Gasteiger partial charge is 0.356 e. The van der Waals surface area contributed by atoms with Gasteiger partial charge < -0.3 is 9.80 Å². The molecule has 2 aromatic rings. The Labute approximate surface area is 147 Å². The van der Waals surface area contributed by atoms with E-state index in [-0.39, 0.29) is 5.82 Å². The van der Waals surface area contributed by atoms with Crippen LogP contribution in [-0.4, -0.2) is 59.1 Å². The zero-order chi connectivity index (χ0) is 17.1. The van der Waals surface area contributed by atoms with Crippen LogP contribution in [0, 0.1) is 5.82 Å². The molecule has 2 saturated heterocycles. The summed E-state index contributed by atoms with van der Waals surface area (Å²) in [6, 6.07) is 3.75. The Bertz CT molecular complexity index is 710. The third-order valence-electron chi connectivity index (χ3n) is 4.96. The first-order valence-corrected chi connectivity index (χ1v) is 8.93. The molecule has 2 fully saturated rings. The van der Waals surface area contributed by atoms with Crippen molar-refractivity contribution in [3.05, 3.63) is 42.1 Å². The molecule has 2 aliphatic heterocycles. The van der Waals surface area contributed by atoms with E-state index in [1.165, 1.54) is 19.0 Å². The standard InChI is InChI=1S/C18H23FN6/c19-16-13-20-5-3-15(16)14-23-9-11-25(12-10-23)18-21-6-4-17(22-18)24-7-1-2-8-24/h3-6,13H,1-2,7-12,14H2. The lowest BCUT2D eigenvalue weighted by atomic mass is 10.2. The van der Waals surface area contributed by atoms with Gasteiger partial charge in [0.2, 0.25) is 5.95 Å². The van der Waals surface area contributed by atoms with Crippen LogP contribution in [0.1, 0.15) is 18.4 Å². The first kappa shape index (κ1) is 16.2. The van der Waals surface area contributed by atoms with Gasteiger partial charge in [-0.05, 0) is 25.0 Å². The molecule has 2 aromatic heterocycles. The van der Waals surface area contributed by atoms with Crippen molar-refractivity contribution in [2.24, 2.45) is 0 Å². The van der Waals surface area contributed by atoms with Gasteiger partial charge in [0.15, 0.2) is 0 Å². The van der Waals surface area contributed by atoms with Gasteiger partial charge in [-0.25, -0.2) is 9.37 Å². The monoisotopic (exact) mass is 342 g/mol. The number of halogens is 1. The minimum atomic E-state index is -0.230. The van der Waals surface area contributed by atoms with E-state index < -0.39 is 0 Å². The maximum atomic E-state index is 13.8. The van der Waals surface area contributed by atoms with Gasteiger partial charge in [-0.15, -0.1) is 0 Å². The minimum Gasteiger partial charge on any atom is -0.356 e. The van der Waals surface area contributed by atoms with Gasteiger partial charge in [-0.2, -0.15) is 4.98 Å². The molecule has 0 amide bonds. The number of nitrogens with zero attached hydrogens (tertiary/aromatic N) is 6. The molecule has 0 unspecified atom stereocenters. The van der Waals surface area contributed by atoms with Crippen LogP contribution in [0.4, 0.5) is 16.2 Å². The summed E-state index contributed by atoms with van der Waals surface area (Å²) in [4.78, 5) is 19.8. The zero-order valence-corrected chi connectivity index (χ0v) is 14.3. The number of piperazine rings is 1. The van der Waals surface area contributed by atoms with E-state index in [1.54, 1.807) is 12.3 Å². The highest BCUT2D eigenvalue weighted by Gasteiger charge is 2.21. The minimum absolute atomic E-state index is 0.230. The third kappa shape index (κ3) is 3.71. The molecule has 4 heterocycles. The van der Waals surface area contributed by atoms with Crippen molar-refractivity contribution in [2.45, 2.75) is 19.4 Å². The summed E-state index contributed by atoms with van der Waals surface area (Å²) in [6.45, 7) is 6.25. The van der Waals surface area contributed by atoms with Crippen LogP contribution >= 0.6 is 0 Å². The molecule has 2 aliphatic rings. The smallest absolute Gasteiger partial charge is 0.227 e. The number of aromatic nitrogens is 3. The highest BCUT2D eigenvalue weighted by molar-refractivity contribution is 5.44. The van der Waals surface area contributed by atoms with Crippen molar-refractivity contribution in [1.82, 2.24) is 19.9 Å². The third-order valence-corrected chi connectivity index (χ3v) is 4.96. The van der Waals surface area contributed by atoms with Crippen LogP contribution < -0.4 is 9.80 Å².